The quantitative estimate of drug-likeness (QED) is 0.634. The molecule has 0 aromatic heterocycles. The summed E-state index contributed by atoms with van der Waals surface area (Å²) in [6.45, 7) is 9.83. The Kier molecular flexibility index (Phi) is 5.62. The van der Waals surface area contributed by atoms with E-state index in [1.54, 1.807) is 14.7 Å². The Morgan fingerprint density at radius 2 is 1.22 bits per heavy atom. The SMILES string of the molecule is CC(C)(C)CC(=O)N1CCN(C(=O)C(=O)N2CCOCC2)CC1. The summed E-state index contributed by atoms with van der Waals surface area (Å²) < 4.78 is 5.19. The molecule has 0 bridgehead atoms. The Morgan fingerprint density at radius 1 is 0.783 bits per heavy atom. The maximum absolute atomic E-state index is 12.3. The number of ether oxygens (including phenoxy) is 1. The van der Waals surface area contributed by atoms with Crippen molar-refractivity contribution in [3.8, 4) is 0 Å². The lowest BCUT2D eigenvalue weighted by molar-refractivity contribution is -0.155. The zero-order chi connectivity index (χ0) is 17.0. The number of morpholine rings is 1. The highest BCUT2D eigenvalue weighted by Crippen LogP contribution is 2.20. The minimum Gasteiger partial charge on any atom is -0.378 e. The van der Waals surface area contributed by atoms with Gasteiger partial charge in [0.1, 0.15) is 0 Å². The Hall–Kier alpha value is -1.63. The molecule has 0 N–H and O–H groups in total. The van der Waals surface area contributed by atoms with E-state index in [0.717, 1.165) is 0 Å². The van der Waals surface area contributed by atoms with Crippen LogP contribution in [0.4, 0.5) is 0 Å². The third kappa shape index (κ3) is 4.92. The number of piperazine rings is 1. The predicted octanol–water partition coefficient (Wildman–Crippen LogP) is -0.0478. The molecule has 0 spiro atoms. The molecule has 2 rings (SSSR count). The van der Waals surface area contributed by atoms with E-state index in [0.29, 0.717) is 58.9 Å². The molecule has 7 heteroatoms. The van der Waals surface area contributed by atoms with Gasteiger partial charge < -0.3 is 19.4 Å². The van der Waals surface area contributed by atoms with Gasteiger partial charge in [0.2, 0.25) is 5.91 Å². The van der Waals surface area contributed by atoms with E-state index in [1.165, 1.54) is 0 Å². The second kappa shape index (κ2) is 7.29. The second-order valence-electron chi connectivity index (χ2n) is 7.31. The highest BCUT2D eigenvalue weighted by atomic mass is 16.5. The van der Waals surface area contributed by atoms with Crippen molar-refractivity contribution in [1.82, 2.24) is 14.7 Å². The summed E-state index contributed by atoms with van der Waals surface area (Å²) in [6, 6.07) is 0. The first-order valence-corrected chi connectivity index (χ1v) is 8.22. The summed E-state index contributed by atoms with van der Waals surface area (Å²) >= 11 is 0. The number of rotatable bonds is 1. The number of carbonyl (C=O) groups is 3. The molecule has 2 aliphatic heterocycles. The summed E-state index contributed by atoms with van der Waals surface area (Å²) in [6.07, 6.45) is 0.494. The molecule has 7 nitrogen and oxygen atoms in total. The van der Waals surface area contributed by atoms with Crippen molar-refractivity contribution in [2.24, 2.45) is 5.41 Å². The predicted molar refractivity (Wildman–Crippen MR) is 84.6 cm³/mol. The number of hydrogen-bond acceptors (Lipinski definition) is 4. The second-order valence-corrected chi connectivity index (χ2v) is 7.31. The standard InChI is InChI=1S/C16H27N3O4/c1-16(2,3)12-13(20)17-4-6-18(7-5-17)14(21)15(22)19-8-10-23-11-9-19/h4-12H2,1-3H3. The Bertz CT molecular complexity index is 458. The van der Waals surface area contributed by atoms with Crippen LogP contribution in [0.25, 0.3) is 0 Å². The van der Waals surface area contributed by atoms with Gasteiger partial charge in [-0.05, 0) is 5.41 Å². The number of nitrogens with zero attached hydrogens (tertiary/aromatic N) is 3. The summed E-state index contributed by atoms with van der Waals surface area (Å²) in [5, 5.41) is 0. The van der Waals surface area contributed by atoms with E-state index < -0.39 is 11.8 Å². The molecule has 2 saturated heterocycles. The van der Waals surface area contributed by atoms with E-state index in [-0.39, 0.29) is 11.3 Å². The van der Waals surface area contributed by atoms with Crippen LogP contribution in [0.2, 0.25) is 0 Å². The van der Waals surface area contributed by atoms with Crippen LogP contribution < -0.4 is 0 Å². The monoisotopic (exact) mass is 325 g/mol. The normalized spacial score (nSPS) is 19.7. The molecule has 0 radical (unpaired) electrons. The Morgan fingerprint density at radius 3 is 1.70 bits per heavy atom. The molecule has 2 heterocycles. The van der Waals surface area contributed by atoms with Gasteiger partial charge in [-0.25, -0.2) is 0 Å². The first kappa shape index (κ1) is 17.7. The van der Waals surface area contributed by atoms with Gasteiger partial charge in [0.05, 0.1) is 13.2 Å². The van der Waals surface area contributed by atoms with Crippen molar-refractivity contribution in [3.05, 3.63) is 0 Å². The number of amides is 3. The minimum absolute atomic E-state index is 0.0453. The minimum atomic E-state index is -0.463. The van der Waals surface area contributed by atoms with E-state index >= 15 is 0 Å². The van der Waals surface area contributed by atoms with Gasteiger partial charge in [0.25, 0.3) is 0 Å². The first-order chi connectivity index (χ1) is 10.8. The smallest absolute Gasteiger partial charge is 0.312 e. The van der Waals surface area contributed by atoms with Crippen LogP contribution >= 0.6 is 0 Å². The van der Waals surface area contributed by atoms with Crippen LogP contribution in [0.15, 0.2) is 0 Å². The topological polar surface area (TPSA) is 70.2 Å². The lowest BCUT2D eigenvalue weighted by Gasteiger charge is -2.36. The fourth-order valence-corrected chi connectivity index (χ4v) is 2.76. The molecule has 0 atom stereocenters. The molecule has 0 aliphatic carbocycles. The van der Waals surface area contributed by atoms with Crippen molar-refractivity contribution in [1.29, 1.82) is 0 Å². The van der Waals surface area contributed by atoms with Gasteiger partial charge in [0, 0.05) is 45.7 Å². The fraction of sp³-hybridized carbons (Fsp3) is 0.812. The maximum Gasteiger partial charge on any atom is 0.312 e. The van der Waals surface area contributed by atoms with E-state index in [2.05, 4.69) is 0 Å². The molecule has 23 heavy (non-hydrogen) atoms. The van der Waals surface area contributed by atoms with Gasteiger partial charge in [-0.3, -0.25) is 14.4 Å². The average Bonchev–Trinajstić information content (AvgIpc) is 2.53. The van der Waals surface area contributed by atoms with Crippen LogP contribution in [0.1, 0.15) is 27.2 Å². The lowest BCUT2D eigenvalue weighted by atomic mass is 9.91. The molecule has 0 saturated carbocycles. The molecule has 0 aromatic rings. The van der Waals surface area contributed by atoms with Gasteiger partial charge in [0.15, 0.2) is 0 Å². The van der Waals surface area contributed by atoms with Crippen molar-refractivity contribution in [3.63, 3.8) is 0 Å². The van der Waals surface area contributed by atoms with Crippen molar-refractivity contribution in [2.75, 3.05) is 52.5 Å². The molecule has 2 fully saturated rings. The van der Waals surface area contributed by atoms with Crippen LogP contribution in [-0.4, -0.2) is 84.9 Å². The Balaban J connectivity index is 1.82. The van der Waals surface area contributed by atoms with Crippen molar-refractivity contribution >= 4 is 17.7 Å². The van der Waals surface area contributed by atoms with Crippen LogP contribution in [0.3, 0.4) is 0 Å². The van der Waals surface area contributed by atoms with E-state index in [9.17, 15) is 14.4 Å². The summed E-state index contributed by atoms with van der Waals surface area (Å²) in [7, 11) is 0. The van der Waals surface area contributed by atoms with E-state index in [1.807, 2.05) is 20.8 Å². The molecule has 130 valence electrons. The third-order valence-corrected chi connectivity index (χ3v) is 4.08. The fourth-order valence-electron chi connectivity index (χ4n) is 2.76. The summed E-state index contributed by atoms with van der Waals surface area (Å²) in [4.78, 5) is 41.6. The average molecular weight is 325 g/mol. The van der Waals surface area contributed by atoms with Crippen LogP contribution in [0, 0.1) is 5.41 Å². The van der Waals surface area contributed by atoms with Crippen LogP contribution in [0.5, 0.6) is 0 Å². The molecular formula is C16H27N3O4. The van der Waals surface area contributed by atoms with Gasteiger partial charge in [-0.15, -0.1) is 0 Å². The highest BCUT2D eigenvalue weighted by molar-refractivity contribution is 6.34. The number of carbonyl (C=O) groups excluding carboxylic acids is 3. The Labute approximate surface area is 137 Å². The van der Waals surface area contributed by atoms with Gasteiger partial charge in [-0.2, -0.15) is 0 Å². The molecule has 2 aliphatic rings. The van der Waals surface area contributed by atoms with Gasteiger partial charge >= 0.3 is 11.8 Å². The highest BCUT2D eigenvalue weighted by Gasteiger charge is 2.32. The van der Waals surface area contributed by atoms with Crippen molar-refractivity contribution < 1.29 is 19.1 Å². The maximum atomic E-state index is 12.3. The molecule has 0 aromatic carbocycles. The largest absolute Gasteiger partial charge is 0.378 e. The first-order valence-electron chi connectivity index (χ1n) is 8.22. The third-order valence-electron chi connectivity index (χ3n) is 4.08. The molecule has 3 amide bonds. The van der Waals surface area contributed by atoms with Gasteiger partial charge in [-0.1, -0.05) is 20.8 Å². The van der Waals surface area contributed by atoms with Crippen LogP contribution in [-0.2, 0) is 19.1 Å². The lowest BCUT2D eigenvalue weighted by Crippen LogP contribution is -2.55. The van der Waals surface area contributed by atoms with Crippen molar-refractivity contribution in [2.45, 2.75) is 27.2 Å². The number of hydrogen-bond donors (Lipinski definition) is 0. The zero-order valence-corrected chi connectivity index (χ0v) is 14.3. The zero-order valence-electron chi connectivity index (χ0n) is 14.3. The molecular weight excluding hydrogens is 298 g/mol. The van der Waals surface area contributed by atoms with E-state index in [4.69, 9.17) is 4.74 Å². The summed E-state index contributed by atoms with van der Waals surface area (Å²) in [5.41, 5.74) is -0.0453. The molecule has 0 unspecified atom stereocenters. The summed E-state index contributed by atoms with van der Waals surface area (Å²) in [5.74, 6) is -0.804.